The summed E-state index contributed by atoms with van der Waals surface area (Å²) in [6.07, 6.45) is 3.76. The van der Waals surface area contributed by atoms with Gasteiger partial charge in [0.1, 0.15) is 6.10 Å². The van der Waals surface area contributed by atoms with Crippen LogP contribution in [0.4, 0.5) is 5.69 Å². The number of carbonyl (C=O) groups excluding carboxylic acids is 2. The predicted molar refractivity (Wildman–Crippen MR) is 115 cm³/mol. The van der Waals surface area contributed by atoms with E-state index in [9.17, 15) is 14.7 Å². The third-order valence-electron chi connectivity index (χ3n) is 5.13. The van der Waals surface area contributed by atoms with Crippen LogP contribution in [0, 0.1) is 0 Å². The number of aromatic nitrogens is 1. The molecule has 1 aromatic heterocycles. The molecule has 2 heterocycles. The number of fused-ring (bicyclic) bond motifs is 2. The molecular formula is C25H16N2O3. The molecule has 0 radical (unpaired) electrons. The Morgan fingerprint density at radius 1 is 0.933 bits per heavy atom. The van der Waals surface area contributed by atoms with E-state index in [1.165, 1.54) is 6.08 Å². The average molecular weight is 392 g/mol. The van der Waals surface area contributed by atoms with E-state index in [4.69, 9.17) is 0 Å². The summed E-state index contributed by atoms with van der Waals surface area (Å²) in [4.78, 5) is 29.5. The molecule has 1 atom stereocenters. The lowest BCUT2D eigenvalue weighted by Gasteiger charge is -2.13. The average Bonchev–Trinajstić information content (AvgIpc) is 2.97. The lowest BCUT2D eigenvalue weighted by atomic mass is 10.1. The van der Waals surface area contributed by atoms with Gasteiger partial charge in [-0.05, 0) is 35.9 Å². The van der Waals surface area contributed by atoms with Gasteiger partial charge in [0.2, 0.25) is 11.6 Å². The number of aliphatic hydroxyl groups excluding tert-OH is 1. The fourth-order valence-corrected chi connectivity index (χ4v) is 3.58. The number of carbonyl (C=O) groups is 2. The first kappa shape index (κ1) is 18.0. The number of aliphatic hydroxyl groups is 1. The highest BCUT2D eigenvalue weighted by Crippen LogP contribution is 2.28. The van der Waals surface area contributed by atoms with Crippen LogP contribution in [0.15, 0.2) is 89.3 Å². The first-order chi connectivity index (χ1) is 14.6. The van der Waals surface area contributed by atoms with Gasteiger partial charge in [-0.3, -0.25) is 9.59 Å². The van der Waals surface area contributed by atoms with Crippen LogP contribution in [0.3, 0.4) is 0 Å². The van der Waals surface area contributed by atoms with E-state index in [0.29, 0.717) is 11.4 Å². The summed E-state index contributed by atoms with van der Waals surface area (Å²) in [5.41, 5.74) is 6.47. The maximum atomic E-state index is 12.5. The Labute approximate surface area is 172 Å². The van der Waals surface area contributed by atoms with Crippen LogP contribution >= 0.6 is 0 Å². The van der Waals surface area contributed by atoms with E-state index in [1.54, 1.807) is 12.1 Å². The molecule has 2 aliphatic rings. The van der Waals surface area contributed by atoms with Gasteiger partial charge < -0.3 is 10.4 Å². The molecule has 1 aliphatic heterocycles. The van der Waals surface area contributed by atoms with Crippen LogP contribution in [-0.4, -0.2) is 27.8 Å². The van der Waals surface area contributed by atoms with Gasteiger partial charge in [-0.15, -0.1) is 0 Å². The van der Waals surface area contributed by atoms with E-state index in [0.717, 1.165) is 22.2 Å². The third kappa shape index (κ3) is 3.08. The molecule has 5 nitrogen and oxygen atoms in total. The number of benzene rings is 2. The molecule has 30 heavy (non-hydrogen) atoms. The van der Waals surface area contributed by atoms with E-state index in [-0.39, 0.29) is 11.1 Å². The Kier molecular flexibility index (Phi) is 4.25. The Hall–Kier alpha value is -4.05. The summed E-state index contributed by atoms with van der Waals surface area (Å²) in [6.45, 7) is 0. The van der Waals surface area contributed by atoms with Gasteiger partial charge in [-0.25, -0.2) is 4.98 Å². The zero-order chi connectivity index (χ0) is 20.7. The molecule has 5 heteroatoms. The molecule has 0 saturated heterocycles. The van der Waals surface area contributed by atoms with Gasteiger partial charge in [0, 0.05) is 16.6 Å². The van der Waals surface area contributed by atoms with Crippen molar-refractivity contribution in [2.75, 3.05) is 5.32 Å². The summed E-state index contributed by atoms with van der Waals surface area (Å²) < 4.78 is 0. The van der Waals surface area contributed by atoms with Crippen LogP contribution in [-0.2, 0) is 9.59 Å². The summed E-state index contributed by atoms with van der Waals surface area (Å²) in [5.74, 6) is -1.49. The number of pyridine rings is 1. The third-order valence-corrected chi connectivity index (χ3v) is 5.13. The molecule has 5 rings (SSSR count). The molecule has 1 unspecified atom stereocenters. The lowest BCUT2D eigenvalue weighted by Crippen LogP contribution is -2.09. The van der Waals surface area contributed by atoms with Crippen molar-refractivity contribution in [3.8, 4) is 0 Å². The quantitative estimate of drug-likeness (QED) is 0.375. The van der Waals surface area contributed by atoms with Crippen molar-refractivity contribution in [2.24, 2.45) is 0 Å². The number of hydrogen-bond acceptors (Lipinski definition) is 5. The van der Waals surface area contributed by atoms with Gasteiger partial charge in [-0.2, -0.15) is 0 Å². The summed E-state index contributed by atoms with van der Waals surface area (Å²) in [6, 6.07) is 18.9. The number of ketones is 2. The van der Waals surface area contributed by atoms with Crippen LogP contribution < -0.4 is 5.32 Å². The molecule has 1 fully saturated rings. The Bertz CT molecular complexity index is 1360. The van der Waals surface area contributed by atoms with Crippen molar-refractivity contribution in [2.45, 2.75) is 6.10 Å². The number of nitrogens with zero attached hydrogens (tertiary/aromatic N) is 1. The number of hydrogen-bond donors (Lipinski definition) is 2. The first-order valence-electron chi connectivity index (χ1n) is 9.49. The largest absolute Gasteiger partial charge is 0.383 e. The molecular weight excluding hydrogens is 376 g/mol. The number of rotatable bonds is 1. The number of para-hydroxylation sites is 2. The normalized spacial score (nSPS) is 19.2. The number of nitrogens with one attached hydrogen (secondary N) is 1. The van der Waals surface area contributed by atoms with Crippen molar-refractivity contribution in [1.29, 1.82) is 0 Å². The summed E-state index contributed by atoms with van der Waals surface area (Å²) in [7, 11) is 0. The van der Waals surface area contributed by atoms with Gasteiger partial charge in [-0.1, -0.05) is 54.3 Å². The standard InChI is InChI=1S/C25H16N2O3/c28-23-19(13-17-11-9-15-5-1-3-7-21(15)26-17)24(29)25(30)20(23)14-18-12-10-16-6-2-4-8-22(16)27-18/h1-13,23,27-28H. The fourth-order valence-electron chi connectivity index (χ4n) is 3.58. The maximum Gasteiger partial charge on any atom is 0.240 e. The van der Waals surface area contributed by atoms with Crippen LogP contribution in [0.1, 0.15) is 11.3 Å². The highest BCUT2D eigenvalue weighted by molar-refractivity contribution is 6.53. The summed E-state index contributed by atoms with van der Waals surface area (Å²) in [5, 5.41) is 14.8. The smallest absolute Gasteiger partial charge is 0.240 e. The number of anilines is 1. The van der Waals surface area contributed by atoms with E-state index in [2.05, 4.69) is 16.0 Å². The predicted octanol–water partition coefficient (Wildman–Crippen LogP) is 3.68. The van der Waals surface area contributed by atoms with Crippen molar-refractivity contribution >= 4 is 40.3 Å². The minimum Gasteiger partial charge on any atom is -0.383 e. The fraction of sp³-hybridized carbons (Fsp3) is 0.0400. The van der Waals surface area contributed by atoms with Crippen LogP contribution in [0.5, 0.6) is 0 Å². The molecule has 0 bridgehead atoms. The molecule has 0 amide bonds. The second-order valence-corrected chi connectivity index (χ2v) is 7.09. The van der Waals surface area contributed by atoms with Crippen LogP contribution in [0.25, 0.3) is 23.1 Å². The SMILES string of the molecule is O=C1C(=O)C(=Cc2ccc3ccccc3n2)C(O)C1=C=C1C=Cc2ccccc2N1. The Balaban J connectivity index is 1.54. The van der Waals surface area contributed by atoms with Crippen molar-refractivity contribution in [3.63, 3.8) is 0 Å². The van der Waals surface area contributed by atoms with Gasteiger partial charge in [0.15, 0.2) is 0 Å². The topological polar surface area (TPSA) is 79.3 Å². The molecule has 2 aromatic carbocycles. The monoisotopic (exact) mass is 392 g/mol. The zero-order valence-electron chi connectivity index (χ0n) is 15.8. The zero-order valence-corrected chi connectivity index (χ0v) is 15.8. The lowest BCUT2D eigenvalue weighted by molar-refractivity contribution is -0.130. The van der Waals surface area contributed by atoms with Gasteiger partial charge >= 0.3 is 0 Å². The van der Waals surface area contributed by atoms with Crippen molar-refractivity contribution in [1.82, 2.24) is 4.98 Å². The van der Waals surface area contributed by atoms with E-state index in [1.807, 2.05) is 60.7 Å². The first-order valence-corrected chi connectivity index (χ1v) is 9.49. The highest BCUT2D eigenvalue weighted by Gasteiger charge is 2.40. The van der Waals surface area contributed by atoms with E-state index < -0.39 is 17.7 Å². The highest BCUT2D eigenvalue weighted by atomic mass is 16.3. The Morgan fingerprint density at radius 3 is 2.63 bits per heavy atom. The minimum atomic E-state index is -1.35. The molecule has 3 aromatic rings. The number of Topliss-reactive ketones (excluding diaryl/α,β-unsaturated/α-hetero) is 2. The summed E-state index contributed by atoms with van der Waals surface area (Å²) >= 11 is 0. The minimum absolute atomic E-state index is 0.00562. The van der Waals surface area contributed by atoms with Crippen LogP contribution in [0.2, 0.25) is 0 Å². The molecule has 2 N–H and O–H groups in total. The van der Waals surface area contributed by atoms with E-state index >= 15 is 0 Å². The second kappa shape index (κ2) is 7.08. The van der Waals surface area contributed by atoms with Gasteiger partial charge in [0.25, 0.3) is 0 Å². The molecule has 1 aliphatic carbocycles. The molecule has 144 valence electrons. The molecule has 0 spiro atoms. The van der Waals surface area contributed by atoms with Crippen molar-refractivity contribution < 1.29 is 14.7 Å². The Morgan fingerprint density at radius 2 is 1.73 bits per heavy atom. The maximum absolute atomic E-state index is 12.5. The van der Waals surface area contributed by atoms with Crippen molar-refractivity contribution in [3.05, 3.63) is 101 Å². The second-order valence-electron chi connectivity index (χ2n) is 7.09. The molecule has 1 saturated carbocycles. The van der Waals surface area contributed by atoms with Gasteiger partial charge in [0.05, 0.1) is 22.5 Å².